The van der Waals surface area contributed by atoms with E-state index >= 15 is 0 Å². The molecule has 0 saturated heterocycles. The van der Waals surface area contributed by atoms with Crippen molar-refractivity contribution in [1.82, 2.24) is 19.4 Å². The maximum Gasteiger partial charge on any atom is 0.420 e. The smallest absolute Gasteiger partial charge is 0.420 e. The van der Waals surface area contributed by atoms with Gasteiger partial charge in [0.2, 0.25) is 0 Å². The molecule has 1 fully saturated rings. The van der Waals surface area contributed by atoms with Crippen molar-refractivity contribution < 1.29 is 19.1 Å². The molecule has 3 heterocycles. The Morgan fingerprint density at radius 1 is 0.977 bits per heavy atom. The van der Waals surface area contributed by atoms with Crippen LogP contribution in [0.4, 0.5) is 4.79 Å². The first-order valence-electron chi connectivity index (χ1n) is 15.4. The Balaban J connectivity index is 1.27. The Kier molecular flexibility index (Phi) is 6.69. The number of nitrogens with two attached hydrogens (primary N) is 1. The number of para-hydroxylation sites is 2. The van der Waals surface area contributed by atoms with Crippen molar-refractivity contribution in [2.75, 3.05) is 6.54 Å². The maximum atomic E-state index is 13.9. The van der Waals surface area contributed by atoms with Gasteiger partial charge in [-0.3, -0.25) is 19.5 Å². The molecule has 9 nitrogen and oxygen atoms in total. The normalized spacial score (nSPS) is 22.5. The third kappa shape index (κ3) is 4.79. The second kappa shape index (κ2) is 10.4. The number of carbonyl (C=O) groups is 3. The van der Waals surface area contributed by atoms with Gasteiger partial charge in [0.05, 0.1) is 27.7 Å². The van der Waals surface area contributed by atoms with Crippen LogP contribution in [0.5, 0.6) is 0 Å². The van der Waals surface area contributed by atoms with Crippen LogP contribution in [-0.2, 0) is 16.7 Å². The van der Waals surface area contributed by atoms with Crippen LogP contribution in [0.2, 0.25) is 0 Å². The summed E-state index contributed by atoms with van der Waals surface area (Å²) in [5.41, 5.74) is 10.2. The summed E-state index contributed by atoms with van der Waals surface area (Å²) in [5, 5.41) is 0. The second-order valence-electron chi connectivity index (χ2n) is 13.5. The predicted molar refractivity (Wildman–Crippen MR) is 165 cm³/mol. The number of imidazole rings is 1. The standard InChI is InChI=1S/C35H37N5O4/c1-34(2,3)44-33(43)40-28-16-7-6-15-27(28)38-32(40)35(36,26-14-8-10-21-11-9-17-37-29(21)26)19-22-18-23(22)20-39-30(41)24-12-4-5-13-25(24)31(39)42/h4-7,9,11-13,15-17,22-23,26H,8,10,14,18-20,36H2,1-3H3/t22-,23-,26?,35-/m0/s1. The Morgan fingerprint density at radius 3 is 2.41 bits per heavy atom. The molecular weight excluding hydrogens is 554 g/mol. The molecule has 0 spiro atoms. The molecule has 0 bridgehead atoms. The minimum Gasteiger partial charge on any atom is -0.443 e. The number of benzene rings is 2. The molecule has 0 radical (unpaired) electrons. The lowest BCUT2D eigenvalue weighted by molar-refractivity contribution is 0.0524. The molecule has 3 aliphatic rings. The number of aromatic nitrogens is 3. The topological polar surface area (TPSA) is 120 Å². The van der Waals surface area contributed by atoms with Gasteiger partial charge >= 0.3 is 6.09 Å². The number of hydrogen-bond donors (Lipinski definition) is 1. The zero-order valence-electron chi connectivity index (χ0n) is 25.3. The quantitative estimate of drug-likeness (QED) is 0.281. The summed E-state index contributed by atoms with van der Waals surface area (Å²) in [5.74, 6) is 0.0187. The molecule has 7 rings (SSSR count). The van der Waals surface area contributed by atoms with Gasteiger partial charge in [0.1, 0.15) is 11.4 Å². The fourth-order valence-corrected chi connectivity index (χ4v) is 7.19. The summed E-state index contributed by atoms with van der Waals surface area (Å²) in [4.78, 5) is 51.3. The van der Waals surface area contributed by atoms with Crippen LogP contribution in [0.1, 0.15) is 90.2 Å². The molecule has 4 aromatic rings. The number of hydrogen-bond acceptors (Lipinski definition) is 7. The molecule has 2 N–H and O–H groups in total. The molecule has 9 heteroatoms. The van der Waals surface area contributed by atoms with E-state index in [0.29, 0.717) is 41.0 Å². The molecule has 1 aliphatic heterocycles. The number of carbonyl (C=O) groups excluding carboxylic acids is 3. The summed E-state index contributed by atoms with van der Waals surface area (Å²) in [6.45, 7) is 5.87. The summed E-state index contributed by atoms with van der Waals surface area (Å²) in [7, 11) is 0. The second-order valence-corrected chi connectivity index (χ2v) is 13.5. The molecule has 2 amide bonds. The van der Waals surface area contributed by atoms with E-state index in [1.807, 2.05) is 51.1 Å². The molecule has 2 aliphatic carbocycles. The van der Waals surface area contributed by atoms with E-state index in [0.717, 1.165) is 36.9 Å². The third-order valence-corrected chi connectivity index (χ3v) is 9.33. The largest absolute Gasteiger partial charge is 0.443 e. The van der Waals surface area contributed by atoms with Gasteiger partial charge in [-0.2, -0.15) is 0 Å². The summed E-state index contributed by atoms with van der Waals surface area (Å²) >= 11 is 0. The average Bonchev–Trinajstić information content (AvgIpc) is 3.52. The van der Waals surface area contributed by atoms with Gasteiger partial charge in [-0.25, -0.2) is 14.3 Å². The lowest BCUT2D eigenvalue weighted by Gasteiger charge is -2.40. The zero-order chi connectivity index (χ0) is 30.8. The van der Waals surface area contributed by atoms with Crippen molar-refractivity contribution >= 4 is 28.9 Å². The highest BCUT2D eigenvalue weighted by Crippen LogP contribution is 2.52. The van der Waals surface area contributed by atoms with Crippen molar-refractivity contribution in [3.63, 3.8) is 0 Å². The number of imide groups is 1. The fraction of sp³-hybridized carbons (Fsp3) is 0.400. The van der Waals surface area contributed by atoms with Crippen LogP contribution >= 0.6 is 0 Å². The minimum absolute atomic E-state index is 0.103. The lowest BCUT2D eigenvalue weighted by Crippen LogP contribution is -2.48. The molecule has 4 atom stereocenters. The van der Waals surface area contributed by atoms with E-state index in [4.69, 9.17) is 20.4 Å². The van der Waals surface area contributed by atoms with Crippen molar-refractivity contribution in [2.45, 2.75) is 69.9 Å². The number of amides is 2. The first-order valence-corrected chi connectivity index (χ1v) is 15.4. The van der Waals surface area contributed by atoms with Crippen LogP contribution in [0, 0.1) is 11.8 Å². The zero-order valence-corrected chi connectivity index (χ0v) is 25.3. The third-order valence-electron chi connectivity index (χ3n) is 9.33. The first-order chi connectivity index (χ1) is 21.0. The van der Waals surface area contributed by atoms with Crippen LogP contribution in [0.3, 0.4) is 0 Å². The summed E-state index contributed by atoms with van der Waals surface area (Å²) in [6.07, 6.45) is 5.28. The Morgan fingerprint density at radius 2 is 1.68 bits per heavy atom. The molecule has 2 aromatic heterocycles. The Hall–Kier alpha value is -4.37. The number of fused-ring (bicyclic) bond motifs is 3. The van der Waals surface area contributed by atoms with Crippen LogP contribution in [0.25, 0.3) is 11.0 Å². The fourth-order valence-electron chi connectivity index (χ4n) is 7.19. The number of nitrogens with zero attached hydrogens (tertiary/aromatic N) is 4. The van der Waals surface area contributed by atoms with E-state index in [1.165, 1.54) is 4.90 Å². The van der Waals surface area contributed by atoms with Gasteiger partial charge in [-0.15, -0.1) is 0 Å². The lowest BCUT2D eigenvalue weighted by atomic mass is 9.71. The van der Waals surface area contributed by atoms with Crippen molar-refractivity contribution in [1.29, 1.82) is 0 Å². The van der Waals surface area contributed by atoms with Crippen LogP contribution in [-0.4, -0.2) is 49.5 Å². The summed E-state index contributed by atoms with van der Waals surface area (Å²) in [6, 6.07) is 18.6. The Labute approximate surface area is 256 Å². The Bertz CT molecular complexity index is 1770. The average molecular weight is 592 g/mol. The highest BCUT2D eigenvalue weighted by molar-refractivity contribution is 6.21. The number of ether oxygens (including phenoxy) is 1. The number of pyridine rings is 1. The van der Waals surface area contributed by atoms with Gasteiger partial charge in [0, 0.05) is 24.4 Å². The van der Waals surface area contributed by atoms with Gasteiger partial charge < -0.3 is 10.5 Å². The van der Waals surface area contributed by atoms with Crippen molar-refractivity contribution in [3.8, 4) is 0 Å². The summed E-state index contributed by atoms with van der Waals surface area (Å²) < 4.78 is 7.45. The molecule has 1 unspecified atom stereocenters. The van der Waals surface area contributed by atoms with Gasteiger partial charge in [0.25, 0.3) is 11.8 Å². The monoisotopic (exact) mass is 591 g/mol. The van der Waals surface area contributed by atoms with E-state index < -0.39 is 17.2 Å². The SMILES string of the molecule is CC(C)(C)OC(=O)n1c([C@](N)(C[C@@H]2C[C@H]2CN2C(=O)c3ccccc3C2=O)C2CCCc3cccnc32)nc2ccccc21. The maximum absolute atomic E-state index is 13.9. The first kappa shape index (κ1) is 28.4. The highest BCUT2D eigenvalue weighted by atomic mass is 16.6. The predicted octanol–water partition coefficient (Wildman–Crippen LogP) is 5.81. The van der Waals surface area contributed by atoms with Gasteiger partial charge in [0.15, 0.2) is 0 Å². The highest BCUT2D eigenvalue weighted by Gasteiger charge is 2.52. The van der Waals surface area contributed by atoms with E-state index in [9.17, 15) is 14.4 Å². The van der Waals surface area contributed by atoms with E-state index in [-0.39, 0.29) is 29.6 Å². The molecule has 2 aromatic carbocycles. The van der Waals surface area contributed by atoms with Gasteiger partial charge in [-0.05, 0) is 101 Å². The van der Waals surface area contributed by atoms with E-state index in [2.05, 4.69) is 6.07 Å². The molecular formula is C35H37N5O4. The van der Waals surface area contributed by atoms with E-state index in [1.54, 1.807) is 35.0 Å². The molecule has 226 valence electrons. The number of aryl methyl sites for hydroxylation is 1. The van der Waals surface area contributed by atoms with Crippen molar-refractivity contribution in [2.24, 2.45) is 17.6 Å². The van der Waals surface area contributed by atoms with Crippen LogP contribution in [0.15, 0.2) is 66.9 Å². The minimum atomic E-state index is -1.07. The number of rotatable bonds is 6. The van der Waals surface area contributed by atoms with Crippen molar-refractivity contribution in [3.05, 3.63) is 95.1 Å². The molecule has 44 heavy (non-hydrogen) atoms. The molecule has 1 saturated carbocycles. The van der Waals surface area contributed by atoms with Crippen LogP contribution < -0.4 is 5.73 Å². The van der Waals surface area contributed by atoms with Gasteiger partial charge in [-0.1, -0.05) is 30.3 Å².